The molecule has 0 atom stereocenters. The van der Waals surface area contributed by atoms with Crippen molar-refractivity contribution in [3.8, 4) is 5.75 Å². The lowest BCUT2D eigenvalue weighted by Gasteiger charge is -2.02. The highest BCUT2D eigenvalue weighted by Gasteiger charge is 2.07. The molecule has 0 saturated carbocycles. The lowest BCUT2D eigenvalue weighted by molar-refractivity contribution is -0.117. The Kier molecular flexibility index (Phi) is 5.60. The van der Waals surface area contributed by atoms with Gasteiger partial charge in [-0.3, -0.25) is 4.79 Å². The number of thiazole rings is 1. The number of aromatic nitrogens is 1. The zero-order valence-corrected chi connectivity index (χ0v) is 16.1. The SMILES string of the molecule is CCOc1ccc2c(c1)sc(=NC(=O)Cc1ccc(SC)cc1)n2C. The van der Waals surface area contributed by atoms with Crippen molar-refractivity contribution >= 4 is 39.2 Å². The topological polar surface area (TPSA) is 43.6 Å². The normalized spacial score (nSPS) is 11.9. The number of amides is 1. The summed E-state index contributed by atoms with van der Waals surface area (Å²) in [6, 6.07) is 14.0. The van der Waals surface area contributed by atoms with E-state index in [-0.39, 0.29) is 5.91 Å². The van der Waals surface area contributed by atoms with E-state index in [9.17, 15) is 4.79 Å². The van der Waals surface area contributed by atoms with E-state index in [1.165, 1.54) is 16.2 Å². The second kappa shape index (κ2) is 7.89. The fourth-order valence-electron chi connectivity index (χ4n) is 2.54. The first-order chi connectivity index (χ1) is 12.1. The molecule has 1 amide bonds. The number of carbonyl (C=O) groups is 1. The van der Waals surface area contributed by atoms with Crippen molar-refractivity contribution in [3.05, 3.63) is 52.8 Å². The van der Waals surface area contributed by atoms with Gasteiger partial charge in [-0.1, -0.05) is 23.5 Å². The molecule has 0 N–H and O–H groups in total. The van der Waals surface area contributed by atoms with E-state index in [1.807, 2.05) is 67.3 Å². The number of nitrogens with zero attached hydrogens (tertiary/aromatic N) is 2. The Hall–Kier alpha value is -2.05. The molecule has 1 heterocycles. The first kappa shape index (κ1) is 17.8. The van der Waals surface area contributed by atoms with Crippen molar-refractivity contribution in [1.29, 1.82) is 0 Å². The number of hydrogen-bond donors (Lipinski definition) is 0. The van der Waals surface area contributed by atoms with Gasteiger partial charge in [0.15, 0.2) is 4.80 Å². The van der Waals surface area contributed by atoms with Crippen molar-refractivity contribution in [2.24, 2.45) is 12.0 Å². The Morgan fingerprint density at radius 3 is 2.68 bits per heavy atom. The van der Waals surface area contributed by atoms with Crippen LogP contribution in [0.1, 0.15) is 12.5 Å². The minimum absolute atomic E-state index is 0.135. The highest BCUT2D eigenvalue weighted by molar-refractivity contribution is 7.98. The summed E-state index contributed by atoms with van der Waals surface area (Å²) < 4.78 is 8.55. The van der Waals surface area contributed by atoms with Gasteiger partial charge < -0.3 is 9.30 Å². The quantitative estimate of drug-likeness (QED) is 0.635. The maximum Gasteiger partial charge on any atom is 0.252 e. The van der Waals surface area contributed by atoms with Crippen LogP contribution >= 0.6 is 23.1 Å². The second-order valence-corrected chi connectivity index (χ2v) is 7.43. The van der Waals surface area contributed by atoms with Crippen molar-refractivity contribution in [1.82, 2.24) is 4.57 Å². The van der Waals surface area contributed by atoms with Crippen LogP contribution in [-0.4, -0.2) is 23.3 Å². The molecular weight excluding hydrogens is 352 g/mol. The van der Waals surface area contributed by atoms with Crippen LogP contribution in [0, 0.1) is 0 Å². The van der Waals surface area contributed by atoms with Gasteiger partial charge in [0.2, 0.25) is 0 Å². The molecule has 1 aromatic heterocycles. The van der Waals surface area contributed by atoms with Gasteiger partial charge in [-0.25, -0.2) is 0 Å². The maximum atomic E-state index is 12.3. The molecule has 130 valence electrons. The van der Waals surface area contributed by atoms with Crippen LogP contribution in [0.3, 0.4) is 0 Å². The summed E-state index contributed by atoms with van der Waals surface area (Å²) in [4.78, 5) is 18.5. The highest BCUT2D eigenvalue weighted by atomic mass is 32.2. The van der Waals surface area contributed by atoms with Gasteiger partial charge in [-0.15, -0.1) is 11.8 Å². The number of carbonyl (C=O) groups excluding carboxylic acids is 1. The Labute approximate surface area is 155 Å². The molecular formula is C19H20N2O2S2. The molecule has 2 aromatic carbocycles. The maximum absolute atomic E-state index is 12.3. The number of aryl methyl sites for hydroxylation is 1. The molecule has 0 aliphatic carbocycles. The van der Waals surface area contributed by atoms with Gasteiger partial charge in [-0.2, -0.15) is 4.99 Å². The molecule has 0 aliphatic heterocycles. The van der Waals surface area contributed by atoms with E-state index < -0.39 is 0 Å². The lowest BCUT2D eigenvalue weighted by Crippen LogP contribution is -2.14. The molecule has 3 rings (SSSR count). The first-order valence-electron chi connectivity index (χ1n) is 8.03. The lowest BCUT2D eigenvalue weighted by atomic mass is 10.1. The Morgan fingerprint density at radius 1 is 1.24 bits per heavy atom. The van der Waals surface area contributed by atoms with Gasteiger partial charge in [0.25, 0.3) is 5.91 Å². The fraction of sp³-hybridized carbons (Fsp3) is 0.263. The van der Waals surface area contributed by atoms with Gasteiger partial charge in [0, 0.05) is 11.9 Å². The van der Waals surface area contributed by atoms with Crippen LogP contribution in [0.2, 0.25) is 0 Å². The largest absolute Gasteiger partial charge is 0.494 e. The second-order valence-electron chi connectivity index (χ2n) is 5.54. The molecule has 4 nitrogen and oxygen atoms in total. The van der Waals surface area contributed by atoms with Crippen molar-refractivity contribution in [3.63, 3.8) is 0 Å². The van der Waals surface area contributed by atoms with Gasteiger partial charge in [0.05, 0.1) is 23.2 Å². The van der Waals surface area contributed by atoms with Crippen LogP contribution in [-0.2, 0) is 18.3 Å². The molecule has 0 spiro atoms. The molecule has 25 heavy (non-hydrogen) atoms. The van der Waals surface area contributed by atoms with E-state index in [0.717, 1.165) is 21.5 Å². The van der Waals surface area contributed by atoms with E-state index in [0.29, 0.717) is 17.8 Å². The number of fused-ring (bicyclic) bond motifs is 1. The van der Waals surface area contributed by atoms with Crippen LogP contribution in [0.25, 0.3) is 10.2 Å². The molecule has 0 radical (unpaired) electrons. The predicted octanol–water partition coefficient (Wildman–Crippen LogP) is 4.03. The highest BCUT2D eigenvalue weighted by Crippen LogP contribution is 2.22. The molecule has 0 bridgehead atoms. The minimum Gasteiger partial charge on any atom is -0.494 e. The monoisotopic (exact) mass is 372 g/mol. The summed E-state index contributed by atoms with van der Waals surface area (Å²) >= 11 is 3.19. The Bertz CT molecular complexity index is 956. The summed E-state index contributed by atoms with van der Waals surface area (Å²) in [5, 5.41) is 0. The summed E-state index contributed by atoms with van der Waals surface area (Å²) in [5.41, 5.74) is 2.03. The number of rotatable bonds is 5. The summed E-state index contributed by atoms with van der Waals surface area (Å²) in [7, 11) is 1.93. The van der Waals surface area contributed by atoms with Crippen molar-refractivity contribution in [2.45, 2.75) is 18.2 Å². The van der Waals surface area contributed by atoms with Gasteiger partial charge in [-0.05, 0) is 49.1 Å². The van der Waals surface area contributed by atoms with Crippen LogP contribution in [0.15, 0.2) is 52.4 Å². The molecule has 0 fully saturated rings. The molecule has 0 saturated heterocycles. The Balaban J connectivity index is 1.86. The third-order valence-electron chi connectivity index (χ3n) is 3.83. The van der Waals surface area contributed by atoms with E-state index >= 15 is 0 Å². The number of benzene rings is 2. The average molecular weight is 373 g/mol. The van der Waals surface area contributed by atoms with Crippen molar-refractivity contribution in [2.75, 3.05) is 12.9 Å². The summed E-state index contributed by atoms with van der Waals surface area (Å²) in [5.74, 6) is 0.702. The number of thioether (sulfide) groups is 1. The van der Waals surface area contributed by atoms with Gasteiger partial charge in [0.1, 0.15) is 5.75 Å². The number of hydrogen-bond acceptors (Lipinski definition) is 4. The third-order valence-corrected chi connectivity index (χ3v) is 5.66. The van der Waals surface area contributed by atoms with Crippen molar-refractivity contribution < 1.29 is 9.53 Å². The summed E-state index contributed by atoms with van der Waals surface area (Å²) in [6.07, 6.45) is 2.35. The summed E-state index contributed by atoms with van der Waals surface area (Å²) in [6.45, 7) is 2.60. The van der Waals surface area contributed by atoms with Crippen LogP contribution in [0.5, 0.6) is 5.75 Å². The first-order valence-corrected chi connectivity index (χ1v) is 10.1. The van der Waals surface area contributed by atoms with E-state index in [2.05, 4.69) is 4.99 Å². The van der Waals surface area contributed by atoms with E-state index in [4.69, 9.17) is 4.74 Å². The molecule has 3 aromatic rings. The van der Waals surface area contributed by atoms with Crippen LogP contribution < -0.4 is 9.54 Å². The smallest absolute Gasteiger partial charge is 0.252 e. The molecule has 0 unspecified atom stereocenters. The molecule has 6 heteroatoms. The fourth-order valence-corrected chi connectivity index (χ4v) is 4.01. The van der Waals surface area contributed by atoms with Gasteiger partial charge >= 0.3 is 0 Å². The predicted molar refractivity (Wildman–Crippen MR) is 104 cm³/mol. The zero-order valence-electron chi connectivity index (χ0n) is 14.5. The average Bonchev–Trinajstić information content (AvgIpc) is 2.91. The Morgan fingerprint density at radius 2 is 2.00 bits per heavy atom. The third kappa shape index (κ3) is 4.14. The van der Waals surface area contributed by atoms with E-state index in [1.54, 1.807) is 11.8 Å². The number of ether oxygens (including phenoxy) is 1. The van der Waals surface area contributed by atoms with Crippen LogP contribution in [0.4, 0.5) is 0 Å². The minimum atomic E-state index is -0.135. The zero-order chi connectivity index (χ0) is 17.8. The standard InChI is InChI=1S/C19H20N2O2S2/c1-4-23-14-7-10-16-17(12-14)25-19(21(16)2)20-18(22)11-13-5-8-15(24-3)9-6-13/h5-10,12H,4,11H2,1-3H3. The molecule has 0 aliphatic rings.